The Hall–Kier alpha value is -2.62. The number of benzene rings is 2. The van der Waals surface area contributed by atoms with Gasteiger partial charge in [0, 0.05) is 36.2 Å². The summed E-state index contributed by atoms with van der Waals surface area (Å²) in [6, 6.07) is 17.5. The number of hydrogen-bond donors (Lipinski definition) is 1. The summed E-state index contributed by atoms with van der Waals surface area (Å²) in [6.07, 6.45) is 1.46. The first-order valence-corrected chi connectivity index (χ1v) is 8.71. The highest BCUT2D eigenvalue weighted by molar-refractivity contribution is 5.99. The third-order valence-electron chi connectivity index (χ3n) is 4.74. The number of anilines is 1. The number of nitrogens with one attached hydrogen (secondary N) is 1. The van der Waals surface area contributed by atoms with Crippen molar-refractivity contribution >= 4 is 17.5 Å². The van der Waals surface area contributed by atoms with Crippen molar-refractivity contribution in [3.8, 4) is 0 Å². The van der Waals surface area contributed by atoms with Gasteiger partial charge in [-0.1, -0.05) is 50.2 Å². The molecule has 2 aromatic rings. The quantitative estimate of drug-likeness (QED) is 0.908. The molecule has 2 amide bonds. The minimum absolute atomic E-state index is 0.113. The lowest BCUT2D eigenvalue weighted by Gasteiger charge is -2.25. The Labute approximate surface area is 148 Å². The van der Waals surface area contributed by atoms with Crippen LogP contribution in [0.5, 0.6) is 0 Å². The molecule has 1 heterocycles. The highest BCUT2D eigenvalue weighted by atomic mass is 16.2. The van der Waals surface area contributed by atoms with Crippen LogP contribution in [0.2, 0.25) is 0 Å². The van der Waals surface area contributed by atoms with Crippen LogP contribution in [0.25, 0.3) is 0 Å². The molecule has 4 nitrogen and oxygen atoms in total. The predicted octanol–water partition coefficient (Wildman–Crippen LogP) is 3.52. The van der Waals surface area contributed by atoms with Gasteiger partial charge in [-0.2, -0.15) is 0 Å². The molecular weight excluding hydrogens is 312 g/mol. The fourth-order valence-corrected chi connectivity index (χ4v) is 3.13. The van der Waals surface area contributed by atoms with Crippen LogP contribution in [0.3, 0.4) is 0 Å². The molecule has 1 aliphatic rings. The first kappa shape index (κ1) is 17.2. The fraction of sp³-hybridized carbons (Fsp3) is 0.333. The summed E-state index contributed by atoms with van der Waals surface area (Å²) < 4.78 is 0. The number of nitrogens with zero attached hydrogens (tertiary/aromatic N) is 1. The van der Waals surface area contributed by atoms with Crippen LogP contribution < -0.4 is 10.2 Å². The van der Waals surface area contributed by atoms with E-state index in [0.29, 0.717) is 18.5 Å². The van der Waals surface area contributed by atoms with Crippen LogP contribution in [-0.2, 0) is 10.2 Å². The smallest absolute Gasteiger partial charge is 0.251 e. The summed E-state index contributed by atoms with van der Waals surface area (Å²) in [5.41, 5.74) is 2.42. The Balaban J connectivity index is 1.68. The Morgan fingerprint density at radius 2 is 1.88 bits per heavy atom. The van der Waals surface area contributed by atoms with Gasteiger partial charge in [-0.25, -0.2) is 0 Å². The summed E-state index contributed by atoms with van der Waals surface area (Å²) in [4.78, 5) is 26.2. The van der Waals surface area contributed by atoms with Crippen molar-refractivity contribution in [1.82, 2.24) is 5.32 Å². The zero-order chi connectivity index (χ0) is 17.9. The fourth-order valence-electron chi connectivity index (χ4n) is 3.13. The highest BCUT2D eigenvalue weighted by Gasteiger charge is 2.24. The van der Waals surface area contributed by atoms with Crippen LogP contribution in [0.4, 0.5) is 5.69 Å². The second-order valence-corrected chi connectivity index (χ2v) is 7.13. The molecule has 0 aliphatic carbocycles. The highest BCUT2D eigenvalue weighted by Crippen LogP contribution is 2.24. The van der Waals surface area contributed by atoms with E-state index >= 15 is 0 Å². The van der Waals surface area contributed by atoms with Crippen LogP contribution in [-0.4, -0.2) is 24.9 Å². The van der Waals surface area contributed by atoms with Crippen molar-refractivity contribution in [2.24, 2.45) is 0 Å². The van der Waals surface area contributed by atoms with Crippen LogP contribution >= 0.6 is 0 Å². The Morgan fingerprint density at radius 1 is 1.12 bits per heavy atom. The molecule has 0 bridgehead atoms. The molecule has 1 aliphatic heterocycles. The average Bonchev–Trinajstić information content (AvgIpc) is 3.06. The molecule has 1 N–H and O–H groups in total. The molecule has 25 heavy (non-hydrogen) atoms. The third kappa shape index (κ3) is 3.90. The minimum Gasteiger partial charge on any atom is -0.351 e. The van der Waals surface area contributed by atoms with E-state index in [9.17, 15) is 9.59 Å². The molecule has 2 aromatic carbocycles. The van der Waals surface area contributed by atoms with Crippen LogP contribution in [0, 0.1) is 0 Å². The first-order valence-electron chi connectivity index (χ1n) is 8.71. The molecule has 0 spiro atoms. The van der Waals surface area contributed by atoms with Crippen molar-refractivity contribution in [2.45, 2.75) is 32.1 Å². The second-order valence-electron chi connectivity index (χ2n) is 7.13. The van der Waals surface area contributed by atoms with E-state index in [1.165, 1.54) is 5.56 Å². The van der Waals surface area contributed by atoms with Crippen molar-refractivity contribution in [3.05, 3.63) is 65.7 Å². The predicted molar refractivity (Wildman–Crippen MR) is 99.8 cm³/mol. The van der Waals surface area contributed by atoms with E-state index in [2.05, 4.69) is 31.3 Å². The molecule has 4 heteroatoms. The van der Waals surface area contributed by atoms with E-state index in [-0.39, 0.29) is 17.2 Å². The normalized spacial score (nSPS) is 14.6. The van der Waals surface area contributed by atoms with Crippen molar-refractivity contribution in [2.75, 3.05) is 18.0 Å². The van der Waals surface area contributed by atoms with Gasteiger partial charge in [0.1, 0.15) is 0 Å². The van der Waals surface area contributed by atoms with Crippen molar-refractivity contribution in [1.29, 1.82) is 0 Å². The SMILES string of the molecule is CC(C)(CNC(=O)c1cccc(N2CCCC2=O)c1)c1ccccc1. The molecule has 0 radical (unpaired) electrons. The Bertz CT molecular complexity index is 768. The lowest BCUT2D eigenvalue weighted by molar-refractivity contribution is -0.117. The zero-order valence-electron chi connectivity index (χ0n) is 14.8. The summed E-state index contributed by atoms with van der Waals surface area (Å²) >= 11 is 0. The second kappa shape index (κ2) is 7.09. The molecule has 130 valence electrons. The lowest BCUT2D eigenvalue weighted by Crippen LogP contribution is -2.36. The maximum atomic E-state index is 12.6. The van der Waals surface area contributed by atoms with E-state index in [0.717, 1.165) is 18.7 Å². The maximum absolute atomic E-state index is 12.6. The summed E-state index contributed by atoms with van der Waals surface area (Å²) in [7, 11) is 0. The van der Waals surface area contributed by atoms with Crippen molar-refractivity contribution < 1.29 is 9.59 Å². The number of hydrogen-bond acceptors (Lipinski definition) is 2. The molecular formula is C21H24N2O2. The van der Waals surface area contributed by atoms with Gasteiger partial charge < -0.3 is 10.2 Å². The molecule has 3 rings (SSSR count). The zero-order valence-corrected chi connectivity index (χ0v) is 14.8. The van der Waals surface area contributed by atoms with Gasteiger partial charge in [0.05, 0.1) is 0 Å². The summed E-state index contributed by atoms with van der Waals surface area (Å²) in [6.45, 7) is 5.50. The van der Waals surface area contributed by atoms with E-state index in [1.54, 1.807) is 17.0 Å². The van der Waals surface area contributed by atoms with Gasteiger partial charge in [0.15, 0.2) is 0 Å². The summed E-state index contributed by atoms with van der Waals surface area (Å²) in [5.74, 6) is 0.0141. The number of amides is 2. The topological polar surface area (TPSA) is 49.4 Å². The number of rotatable bonds is 5. The Morgan fingerprint density at radius 3 is 2.56 bits per heavy atom. The van der Waals surface area contributed by atoms with Gasteiger partial charge in [0.2, 0.25) is 5.91 Å². The average molecular weight is 336 g/mol. The van der Waals surface area contributed by atoms with Crippen LogP contribution in [0.15, 0.2) is 54.6 Å². The number of carbonyl (C=O) groups is 2. The first-order chi connectivity index (χ1) is 12.0. The standard InChI is InChI=1S/C21H24N2O2/c1-21(2,17-9-4-3-5-10-17)15-22-20(25)16-8-6-11-18(14-16)23-13-7-12-19(23)24/h3-6,8-11,14H,7,12-13,15H2,1-2H3,(H,22,25). The van der Waals surface area contributed by atoms with Crippen LogP contribution in [0.1, 0.15) is 42.6 Å². The Kier molecular flexibility index (Phi) is 4.88. The molecule has 1 saturated heterocycles. The molecule has 0 atom stereocenters. The molecule has 0 aromatic heterocycles. The number of carbonyl (C=O) groups excluding carboxylic acids is 2. The molecule has 1 fully saturated rings. The van der Waals surface area contributed by atoms with Gasteiger partial charge >= 0.3 is 0 Å². The van der Waals surface area contributed by atoms with E-state index in [1.807, 2.05) is 30.3 Å². The molecule has 0 unspecified atom stereocenters. The van der Waals surface area contributed by atoms with Gasteiger partial charge in [-0.15, -0.1) is 0 Å². The van der Waals surface area contributed by atoms with E-state index in [4.69, 9.17) is 0 Å². The van der Waals surface area contributed by atoms with Gasteiger partial charge in [-0.3, -0.25) is 9.59 Å². The summed E-state index contributed by atoms with van der Waals surface area (Å²) in [5, 5.41) is 3.02. The largest absolute Gasteiger partial charge is 0.351 e. The maximum Gasteiger partial charge on any atom is 0.251 e. The van der Waals surface area contributed by atoms with Gasteiger partial charge in [0.25, 0.3) is 5.91 Å². The molecule has 0 saturated carbocycles. The van der Waals surface area contributed by atoms with E-state index < -0.39 is 0 Å². The van der Waals surface area contributed by atoms with Gasteiger partial charge in [-0.05, 0) is 30.2 Å². The monoisotopic (exact) mass is 336 g/mol. The third-order valence-corrected chi connectivity index (χ3v) is 4.74. The lowest BCUT2D eigenvalue weighted by atomic mass is 9.84. The minimum atomic E-state index is -0.153. The van der Waals surface area contributed by atoms with Crippen molar-refractivity contribution in [3.63, 3.8) is 0 Å².